The second-order valence-electron chi connectivity index (χ2n) is 7.57. The minimum Gasteiger partial charge on any atom is -0.480 e. The average Bonchev–Trinajstić information content (AvgIpc) is 3.10. The van der Waals surface area contributed by atoms with Gasteiger partial charge in [0.25, 0.3) is 0 Å². The third-order valence-corrected chi connectivity index (χ3v) is 6.43. The Labute approximate surface area is 160 Å². The van der Waals surface area contributed by atoms with Gasteiger partial charge in [0, 0.05) is 6.54 Å². The number of methoxy groups -OCH3 is 1. The van der Waals surface area contributed by atoms with Gasteiger partial charge >= 0.3 is 0 Å². The van der Waals surface area contributed by atoms with Gasteiger partial charge in [-0.25, -0.2) is 8.42 Å². The van der Waals surface area contributed by atoms with Gasteiger partial charge in [-0.3, -0.25) is 4.98 Å². The summed E-state index contributed by atoms with van der Waals surface area (Å²) in [7, 11) is -2.04. The highest BCUT2D eigenvalue weighted by molar-refractivity contribution is 7.89. The summed E-state index contributed by atoms with van der Waals surface area (Å²) in [5.74, 6) is 0.682. The first-order valence-electron chi connectivity index (χ1n) is 8.83. The molecule has 0 N–H and O–H groups in total. The number of hydrogen-bond acceptors (Lipinski definition) is 6. The lowest BCUT2D eigenvalue weighted by Crippen LogP contribution is -2.31. The Balaban J connectivity index is 1.69. The Bertz CT molecular complexity index is 892. The number of ether oxygens (including phenoxy) is 2. The third kappa shape index (κ3) is 4.39. The van der Waals surface area contributed by atoms with Crippen molar-refractivity contribution in [1.29, 1.82) is 0 Å². The van der Waals surface area contributed by atoms with Gasteiger partial charge in [0.15, 0.2) is 0 Å². The Morgan fingerprint density at radius 3 is 2.41 bits per heavy atom. The van der Waals surface area contributed by atoms with Crippen LogP contribution in [0.25, 0.3) is 0 Å². The van der Waals surface area contributed by atoms with E-state index in [1.165, 1.54) is 23.8 Å². The van der Waals surface area contributed by atoms with Crippen molar-refractivity contribution >= 4 is 10.0 Å². The molecule has 1 aromatic heterocycles. The molecule has 1 unspecified atom stereocenters. The van der Waals surface area contributed by atoms with E-state index in [0.29, 0.717) is 29.6 Å². The Hall–Kier alpha value is -2.19. The molecule has 27 heavy (non-hydrogen) atoms. The van der Waals surface area contributed by atoms with E-state index >= 15 is 0 Å². The van der Waals surface area contributed by atoms with Crippen LogP contribution in [0.2, 0.25) is 0 Å². The highest BCUT2D eigenvalue weighted by atomic mass is 32.2. The van der Waals surface area contributed by atoms with Crippen LogP contribution in [0, 0.1) is 0 Å². The van der Waals surface area contributed by atoms with Gasteiger partial charge in [0.1, 0.15) is 6.10 Å². The molecule has 146 valence electrons. The molecule has 8 heteroatoms. The summed E-state index contributed by atoms with van der Waals surface area (Å²) in [5, 5.41) is 0. The van der Waals surface area contributed by atoms with Crippen molar-refractivity contribution in [3.63, 3.8) is 0 Å². The van der Waals surface area contributed by atoms with Crippen LogP contribution in [-0.4, -0.2) is 49.0 Å². The van der Waals surface area contributed by atoms with E-state index in [2.05, 4.69) is 30.7 Å². The van der Waals surface area contributed by atoms with Crippen LogP contribution in [-0.2, 0) is 15.4 Å². The minimum absolute atomic E-state index is 0.0212. The summed E-state index contributed by atoms with van der Waals surface area (Å²) in [6.07, 6.45) is 3.30. The molecule has 1 aromatic carbocycles. The van der Waals surface area contributed by atoms with E-state index in [0.717, 1.165) is 5.56 Å². The predicted octanol–water partition coefficient (Wildman–Crippen LogP) is 2.62. The van der Waals surface area contributed by atoms with Crippen LogP contribution in [0.3, 0.4) is 0 Å². The number of rotatable bonds is 5. The molecule has 2 heterocycles. The van der Waals surface area contributed by atoms with Crippen LogP contribution in [0.1, 0.15) is 32.8 Å². The molecule has 1 aliphatic heterocycles. The first-order chi connectivity index (χ1) is 12.7. The summed E-state index contributed by atoms with van der Waals surface area (Å²) < 4.78 is 38.1. The molecule has 1 saturated heterocycles. The molecule has 1 atom stereocenters. The van der Waals surface area contributed by atoms with Crippen molar-refractivity contribution in [2.75, 3.05) is 20.2 Å². The molecule has 0 aliphatic carbocycles. The Kier molecular flexibility index (Phi) is 5.39. The van der Waals surface area contributed by atoms with Crippen molar-refractivity contribution in [1.82, 2.24) is 14.3 Å². The smallest absolute Gasteiger partial charge is 0.243 e. The SMILES string of the molecule is COc1cncc(OC2CCN(S(=O)(=O)c3ccc(C(C)(C)C)cc3)C2)n1. The summed E-state index contributed by atoms with van der Waals surface area (Å²) >= 11 is 0. The Morgan fingerprint density at radius 2 is 1.78 bits per heavy atom. The van der Waals surface area contributed by atoms with Crippen LogP contribution >= 0.6 is 0 Å². The van der Waals surface area contributed by atoms with Crippen LogP contribution < -0.4 is 9.47 Å². The monoisotopic (exact) mass is 391 g/mol. The van der Waals surface area contributed by atoms with Crippen molar-refractivity contribution < 1.29 is 17.9 Å². The number of aromatic nitrogens is 2. The summed E-state index contributed by atoms with van der Waals surface area (Å²) in [4.78, 5) is 8.46. The lowest BCUT2D eigenvalue weighted by molar-refractivity contribution is 0.203. The highest BCUT2D eigenvalue weighted by Crippen LogP contribution is 2.27. The lowest BCUT2D eigenvalue weighted by atomic mass is 9.87. The largest absolute Gasteiger partial charge is 0.480 e. The Morgan fingerprint density at radius 1 is 1.11 bits per heavy atom. The first kappa shape index (κ1) is 19.6. The fourth-order valence-corrected chi connectivity index (χ4v) is 4.43. The molecule has 1 fully saturated rings. The number of nitrogens with zero attached hydrogens (tertiary/aromatic N) is 3. The number of sulfonamides is 1. The second kappa shape index (κ2) is 7.44. The fourth-order valence-electron chi connectivity index (χ4n) is 2.95. The van der Waals surface area contributed by atoms with Crippen molar-refractivity contribution in [3.05, 3.63) is 42.2 Å². The van der Waals surface area contributed by atoms with E-state index in [-0.39, 0.29) is 18.1 Å². The quantitative estimate of drug-likeness (QED) is 0.779. The summed E-state index contributed by atoms with van der Waals surface area (Å²) in [5.41, 5.74) is 1.08. The van der Waals surface area contributed by atoms with Gasteiger partial charge in [0.05, 0.1) is 30.9 Å². The standard InChI is InChI=1S/C19H25N3O4S/c1-19(2,3)14-5-7-16(8-6-14)27(23,24)22-10-9-15(13-22)26-18-12-20-11-17(21-18)25-4/h5-8,11-12,15H,9-10,13H2,1-4H3. The van der Waals surface area contributed by atoms with Crippen LogP contribution in [0.4, 0.5) is 0 Å². The molecule has 1 aliphatic rings. The van der Waals surface area contributed by atoms with E-state index in [1.54, 1.807) is 12.1 Å². The molecular formula is C19H25N3O4S. The molecular weight excluding hydrogens is 366 g/mol. The average molecular weight is 391 g/mol. The zero-order valence-corrected chi connectivity index (χ0v) is 16.9. The first-order valence-corrected chi connectivity index (χ1v) is 10.3. The fraction of sp³-hybridized carbons (Fsp3) is 0.474. The maximum atomic E-state index is 12.9. The maximum Gasteiger partial charge on any atom is 0.243 e. The third-order valence-electron chi connectivity index (χ3n) is 4.55. The van der Waals surface area contributed by atoms with Crippen molar-refractivity contribution in [2.45, 2.75) is 43.6 Å². The predicted molar refractivity (Wildman–Crippen MR) is 102 cm³/mol. The lowest BCUT2D eigenvalue weighted by Gasteiger charge is -2.20. The van der Waals surface area contributed by atoms with Crippen molar-refractivity contribution in [2.24, 2.45) is 0 Å². The molecule has 0 radical (unpaired) electrons. The van der Waals surface area contributed by atoms with Gasteiger partial charge in [-0.15, -0.1) is 0 Å². The molecule has 0 spiro atoms. The van der Waals surface area contributed by atoms with Gasteiger partial charge < -0.3 is 9.47 Å². The zero-order valence-electron chi connectivity index (χ0n) is 16.0. The van der Waals surface area contributed by atoms with E-state index in [4.69, 9.17) is 9.47 Å². The molecule has 7 nitrogen and oxygen atoms in total. The van der Waals surface area contributed by atoms with Gasteiger partial charge in [-0.05, 0) is 29.5 Å². The molecule has 2 aromatic rings. The van der Waals surface area contributed by atoms with Gasteiger partial charge in [0.2, 0.25) is 21.8 Å². The van der Waals surface area contributed by atoms with E-state index in [1.807, 2.05) is 12.1 Å². The van der Waals surface area contributed by atoms with E-state index < -0.39 is 10.0 Å². The van der Waals surface area contributed by atoms with Gasteiger partial charge in [-0.2, -0.15) is 9.29 Å². The summed E-state index contributed by atoms with van der Waals surface area (Å²) in [6.45, 7) is 6.98. The number of benzene rings is 1. The normalized spacial score (nSPS) is 18.4. The number of hydrogen-bond donors (Lipinski definition) is 0. The topological polar surface area (TPSA) is 81.6 Å². The van der Waals surface area contributed by atoms with Crippen LogP contribution in [0.15, 0.2) is 41.6 Å². The highest BCUT2D eigenvalue weighted by Gasteiger charge is 2.34. The maximum absolute atomic E-state index is 12.9. The van der Waals surface area contributed by atoms with E-state index in [9.17, 15) is 8.42 Å². The summed E-state index contributed by atoms with van der Waals surface area (Å²) in [6, 6.07) is 7.11. The molecule has 0 saturated carbocycles. The molecule has 0 bridgehead atoms. The molecule has 3 rings (SSSR count). The van der Waals surface area contributed by atoms with Crippen molar-refractivity contribution in [3.8, 4) is 11.8 Å². The molecule has 0 amide bonds. The second-order valence-corrected chi connectivity index (χ2v) is 9.50. The van der Waals surface area contributed by atoms with Crippen LogP contribution in [0.5, 0.6) is 11.8 Å². The minimum atomic E-state index is -3.55. The zero-order chi connectivity index (χ0) is 19.7. The van der Waals surface area contributed by atoms with Gasteiger partial charge in [-0.1, -0.05) is 32.9 Å².